The zero-order valence-electron chi connectivity index (χ0n) is 19.2. The first kappa shape index (κ1) is 23.5. The maximum Gasteiger partial charge on any atom is 0.337 e. The van der Waals surface area contributed by atoms with Crippen LogP contribution >= 0.6 is 0 Å². The molecule has 4 rings (SSSR count). The smallest absolute Gasteiger partial charge is 0.337 e. The lowest BCUT2D eigenvalue weighted by atomic mass is 9.97. The third-order valence-electron chi connectivity index (χ3n) is 6.51. The average molecular weight is 473 g/mol. The van der Waals surface area contributed by atoms with Crippen molar-refractivity contribution in [3.05, 3.63) is 47.2 Å². The van der Waals surface area contributed by atoms with Crippen LogP contribution in [-0.2, 0) is 10.0 Å². The van der Waals surface area contributed by atoms with Gasteiger partial charge in [-0.25, -0.2) is 18.2 Å². The van der Waals surface area contributed by atoms with Gasteiger partial charge in [-0.1, -0.05) is 17.7 Å². The summed E-state index contributed by atoms with van der Waals surface area (Å²) in [7, 11) is -3.91. The van der Waals surface area contributed by atoms with Crippen LogP contribution in [0.5, 0.6) is 0 Å². The summed E-state index contributed by atoms with van der Waals surface area (Å²) in [5.41, 5.74) is 1.76. The molecular weight excluding hydrogens is 440 g/mol. The fraction of sp³-hybridized carbons (Fsp3) is 0.500. The number of aryl methyl sites for hydroxylation is 2. The van der Waals surface area contributed by atoms with E-state index in [0.29, 0.717) is 17.3 Å². The fourth-order valence-electron chi connectivity index (χ4n) is 4.94. The summed E-state index contributed by atoms with van der Waals surface area (Å²) in [4.78, 5) is 20.7. The van der Waals surface area contributed by atoms with E-state index < -0.39 is 16.0 Å². The van der Waals surface area contributed by atoms with E-state index in [2.05, 4.69) is 19.5 Å². The van der Waals surface area contributed by atoms with E-state index in [9.17, 15) is 18.3 Å². The Kier molecular flexibility index (Phi) is 6.90. The Labute approximate surface area is 195 Å². The Balaban J connectivity index is 1.62. The minimum atomic E-state index is -3.91. The van der Waals surface area contributed by atoms with Crippen molar-refractivity contribution in [2.75, 3.05) is 42.3 Å². The van der Waals surface area contributed by atoms with Gasteiger partial charge in [-0.05, 0) is 76.2 Å². The number of piperidine rings is 1. The minimum Gasteiger partial charge on any atom is -0.478 e. The number of sulfonamides is 1. The number of aromatic carboxylic acids is 1. The lowest BCUT2D eigenvalue weighted by molar-refractivity contribution is 0.0696. The molecule has 1 aromatic heterocycles. The van der Waals surface area contributed by atoms with Gasteiger partial charge in [0.05, 0.1) is 16.1 Å². The van der Waals surface area contributed by atoms with Gasteiger partial charge in [0.15, 0.2) is 5.82 Å². The Bertz CT molecular complexity index is 1130. The van der Waals surface area contributed by atoms with Crippen LogP contribution in [0.4, 0.5) is 11.5 Å². The number of likely N-dealkylation sites (tertiary alicyclic amines) is 1. The first-order valence-electron chi connectivity index (χ1n) is 11.5. The summed E-state index contributed by atoms with van der Waals surface area (Å²) >= 11 is 0. The van der Waals surface area contributed by atoms with Gasteiger partial charge in [0, 0.05) is 25.8 Å². The number of hydrogen-bond donors (Lipinski definition) is 2. The fourth-order valence-corrected chi connectivity index (χ4v) is 6.22. The lowest BCUT2D eigenvalue weighted by Gasteiger charge is -2.36. The van der Waals surface area contributed by atoms with E-state index in [1.807, 2.05) is 13.0 Å². The van der Waals surface area contributed by atoms with Gasteiger partial charge in [-0.3, -0.25) is 4.72 Å². The molecule has 0 aliphatic carbocycles. The van der Waals surface area contributed by atoms with Crippen LogP contribution in [0.2, 0.25) is 0 Å². The van der Waals surface area contributed by atoms with Crippen LogP contribution in [0.3, 0.4) is 0 Å². The Hall–Kier alpha value is -2.65. The molecule has 0 unspecified atom stereocenters. The molecule has 2 aliphatic rings. The highest BCUT2D eigenvalue weighted by Gasteiger charge is 2.28. The molecule has 2 aliphatic heterocycles. The molecule has 33 heavy (non-hydrogen) atoms. The van der Waals surface area contributed by atoms with Gasteiger partial charge >= 0.3 is 5.97 Å². The molecule has 0 radical (unpaired) electrons. The topological polar surface area (TPSA) is 103 Å². The molecule has 3 heterocycles. The van der Waals surface area contributed by atoms with Gasteiger partial charge in [0.2, 0.25) is 0 Å². The number of hydrogen-bond acceptors (Lipinski definition) is 6. The molecule has 2 fully saturated rings. The van der Waals surface area contributed by atoms with Gasteiger partial charge in [-0.2, -0.15) is 0 Å². The van der Waals surface area contributed by atoms with Crippen LogP contribution in [0.15, 0.2) is 35.4 Å². The number of carboxylic acids is 1. The summed E-state index contributed by atoms with van der Waals surface area (Å²) in [6, 6.07) is 6.51. The second kappa shape index (κ2) is 9.69. The molecule has 2 aromatic rings. The number of anilines is 2. The highest BCUT2D eigenvalue weighted by Crippen LogP contribution is 2.32. The maximum atomic E-state index is 13.2. The van der Waals surface area contributed by atoms with Crippen LogP contribution in [0, 0.1) is 19.8 Å². The first-order valence-corrected chi connectivity index (χ1v) is 13.0. The van der Waals surface area contributed by atoms with Crippen LogP contribution in [0.25, 0.3) is 0 Å². The van der Waals surface area contributed by atoms with Crippen LogP contribution < -0.4 is 9.62 Å². The zero-order chi connectivity index (χ0) is 23.6. The van der Waals surface area contributed by atoms with Crippen LogP contribution in [-0.4, -0.2) is 62.1 Å². The monoisotopic (exact) mass is 472 g/mol. The lowest BCUT2D eigenvalue weighted by Crippen LogP contribution is -2.41. The highest BCUT2D eigenvalue weighted by atomic mass is 32.2. The van der Waals surface area contributed by atoms with Gasteiger partial charge in [0.1, 0.15) is 0 Å². The van der Waals surface area contributed by atoms with Crippen molar-refractivity contribution < 1.29 is 18.3 Å². The normalized spacial score (nSPS) is 19.6. The standard InChI is InChI=1S/C24H32N4O4S/c1-17-7-8-22(18(2)12-17)33(31,32)26-21-13-20(24(29)30)14-25-23(21)28-11-5-6-19(16-28)15-27-9-3-4-10-27/h7-8,12-14,19,26H,3-6,9-11,15-16H2,1-2H3,(H,29,30)/t19-/m1/s1. The predicted octanol–water partition coefficient (Wildman–Crippen LogP) is 3.51. The Morgan fingerprint density at radius 3 is 2.61 bits per heavy atom. The molecule has 2 N–H and O–H groups in total. The molecule has 8 nitrogen and oxygen atoms in total. The molecule has 0 amide bonds. The molecule has 9 heteroatoms. The summed E-state index contributed by atoms with van der Waals surface area (Å²) < 4.78 is 29.1. The van der Waals surface area contributed by atoms with E-state index in [4.69, 9.17) is 0 Å². The van der Waals surface area contributed by atoms with Crippen LogP contribution in [0.1, 0.15) is 47.2 Å². The van der Waals surface area contributed by atoms with Gasteiger partial charge in [-0.15, -0.1) is 0 Å². The Morgan fingerprint density at radius 1 is 1.15 bits per heavy atom. The van der Waals surface area contributed by atoms with Crippen molar-refractivity contribution in [2.24, 2.45) is 5.92 Å². The number of pyridine rings is 1. The second-order valence-corrected chi connectivity index (χ2v) is 10.9. The average Bonchev–Trinajstić information content (AvgIpc) is 3.26. The molecule has 1 atom stereocenters. The molecule has 0 bridgehead atoms. The summed E-state index contributed by atoms with van der Waals surface area (Å²) in [6.45, 7) is 8.51. The number of aromatic nitrogens is 1. The largest absolute Gasteiger partial charge is 0.478 e. The number of carbonyl (C=O) groups is 1. The molecule has 2 saturated heterocycles. The summed E-state index contributed by atoms with van der Waals surface area (Å²) in [5.74, 6) is -0.187. The number of nitrogens with zero attached hydrogens (tertiary/aromatic N) is 3. The third-order valence-corrected chi connectivity index (χ3v) is 8.04. The quantitative estimate of drug-likeness (QED) is 0.636. The number of nitrogens with one attached hydrogen (secondary N) is 1. The molecule has 0 saturated carbocycles. The van der Waals surface area contributed by atoms with E-state index in [-0.39, 0.29) is 16.1 Å². The number of carboxylic acid groups (broad SMARTS) is 1. The summed E-state index contributed by atoms with van der Waals surface area (Å²) in [6.07, 6.45) is 5.92. The van der Waals surface area contributed by atoms with Crippen molar-refractivity contribution in [2.45, 2.75) is 44.4 Å². The van der Waals surface area contributed by atoms with E-state index in [0.717, 1.165) is 51.1 Å². The van der Waals surface area contributed by atoms with Gasteiger partial charge < -0.3 is 14.9 Å². The van der Waals surface area contributed by atoms with Crippen molar-refractivity contribution >= 4 is 27.5 Å². The molecule has 1 aromatic carbocycles. The van der Waals surface area contributed by atoms with Gasteiger partial charge in [0.25, 0.3) is 10.0 Å². The van der Waals surface area contributed by atoms with Crippen molar-refractivity contribution in [1.29, 1.82) is 0 Å². The predicted molar refractivity (Wildman–Crippen MR) is 129 cm³/mol. The first-order chi connectivity index (χ1) is 15.7. The SMILES string of the molecule is Cc1ccc(S(=O)(=O)Nc2cc(C(=O)O)cnc2N2CCC[C@H](CN3CCCC3)C2)c(C)c1. The number of rotatable bonds is 7. The molecular formula is C24H32N4O4S. The Morgan fingerprint density at radius 2 is 1.91 bits per heavy atom. The van der Waals surface area contributed by atoms with E-state index >= 15 is 0 Å². The van der Waals surface area contributed by atoms with E-state index in [1.165, 1.54) is 25.1 Å². The van der Waals surface area contributed by atoms with E-state index in [1.54, 1.807) is 19.1 Å². The van der Waals surface area contributed by atoms with Crippen molar-refractivity contribution in [3.63, 3.8) is 0 Å². The second-order valence-electron chi connectivity index (χ2n) is 9.24. The third kappa shape index (κ3) is 5.47. The highest BCUT2D eigenvalue weighted by molar-refractivity contribution is 7.92. The maximum absolute atomic E-state index is 13.2. The summed E-state index contributed by atoms with van der Waals surface area (Å²) in [5, 5.41) is 9.47. The molecule has 0 spiro atoms. The number of benzene rings is 1. The van der Waals surface area contributed by atoms with Crippen molar-refractivity contribution in [3.8, 4) is 0 Å². The zero-order valence-corrected chi connectivity index (χ0v) is 20.1. The minimum absolute atomic E-state index is 0.0531. The van der Waals surface area contributed by atoms with Crippen molar-refractivity contribution in [1.82, 2.24) is 9.88 Å². The molecule has 178 valence electrons.